The van der Waals surface area contributed by atoms with E-state index in [-0.39, 0.29) is 5.91 Å². The van der Waals surface area contributed by atoms with Crippen LogP contribution >= 0.6 is 0 Å². The summed E-state index contributed by atoms with van der Waals surface area (Å²) in [6.45, 7) is 6.17. The Kier molecular flexibility index (Phi) is 6.86. The number of ether oxygens (including phenoxy) is 2. The number of rotatable bonds is 8. The quantitative estimate of drug-likeness (QED) is 0.520. The molecule has 5 nitrogen and oxygen atoms in total. The van der Waals surface area contributed by atoms with E-state index in [2.05, 4.69) is 5.32 Å². The van der Waals surface area contributed by atoms with Gasteiger partial charge in [0, 0.05) is 16.8 Å². The Bertz CT molecular complexity index is 1030. The zero-order chi connectivity index (χ0) is 21.5. The van der Waals surface area contributed by atoms with Crippen LogP contribution in [0, 0.1) is 13.8 Å². The highest BCUT2D eigenvalue weighted by Gasteiger charge is 2.25. The van der Waals surface area contributed by atoms with Crippen molar-refractivity contribution in [3.8, 4) is 11.5 Å². The highest BCUT2D eigenvalue weighted by atomic mass is 16.5. The van der Waals surface area contributed by atoms with Gasteiger partial charge in [0.1, 0.15) is 6.29 Å². The number of hydrogen-bond donors (Lipinski definition) is 1. The second-order valence-corrected chi connectivity index (χ2v) is 6.97. The van der Waals surface area contributed by atoms with Gasteiger partial charge in [-0.05, 0) is 56.2 Å². The van der Waals surface area contributed by atoms with Gasteiger partial charge in [-0.3, -0.25) is 9.59 Å². The molecule has 0 bridgehead atoms. The summed E-state index contributed by atoms with van der Waals surface area (Å²) in [5.74, 6) is 0.520. The molecule has 0 heterocycles. The van der Waals surface area contributed by atoms with Crippen LogP contribution in [0.5, 0.6) is 11.5 Å². The van der Waals surface area contributed by atoms with Crippen LogP contribution < -0.4 is 14.8 Å². The van der Waals surface area contributed by atoms with E-state index in [1.807, 2.05) is 69.3 Å². The smallest absolute Gasteiger partial charge is 0.270 e. The summed E-state index contributed by atoms with van der Waals surface area (Å²) in [7, 11) is 0. The first-order valence-corrected chi connectivity index (χ1v) is 9.83. The van der Waals surface area contributed by atoms with Crippen molar-refractivity contribution in [1.82, 2.24) is 0 Å². The number of carbonyl (C=O) groups excluding carboxylic acids is 2. The number of hydrogen-bond acceptors (Lipinski definition) is 4. The number of aldehydes is 1. The lowest BCUT2D eigenvalue weighted by atomic mass is 10.1. The van der Waals surface area contributed by atoms with Crippen LogP contribution in [0.1, 0.15) is 40.1 Å². The second kappa shape index (κ2) is 9.74. The summed E-state index contributed by atoms with van der Waals surface area (Å²) in [5, 5.41) is 2.98. The minimum Gasteiger partial charge on any atom is -0.490 e. The molecule has 0 unspecified atom stereocenters. The summed E-state index contributed by atoms with van der Waals surface area (Å²) < 4.78 is 11.8. The molecule has 5 heteroatoms. The van der Waals surface area contributed by atoms with Gasteiger partial charge in [-0.1, -0.05) is 42.5 Å². The molecule has 1 amide bonds. The lowest BCUT2D eigenvalue weighted by molar-refractivity contribution is -0.123. The Morgan fingerprint density at radius 3 is 2.47 bits per heavy atom. The van der Waals surface area contributed by atoms with E-state index in [0.717, 1.165) is 23.1 Å². The van der Waals surface area contributed by atoms with Gasteiger partial charge in [0.2, 0.25) is 6.10 Å². The van der Waals surface area contributed by atoms with Crippen LogP contribution in [0.25, 0.3) is 0 Å². The molecule has 1 atom stereocenters. The van der Waals surface area contributed by atoms with Crippen molar-refractivity contribution in [3.05, 3.63) is 89.0 Å². The van der Waals surface area contributed by atoms with Crippen LogP contribution in [-0.2, 0) is 4.79 Å². The first-order valence-electron chi connectivity index (χ1n) is 9.83. The molecule has 0 radical (unpaired) electrons. The van der Waals surface area contributed by atoms with Crippen LogP contribution in [0.15, 0.2) is 66.7 Å². The van der Waals surface area contributed by atoms with Gasteiger partial charge in [0.15, 0.2) is 11.5 Å². The lowest BCUT2D eigenvalue weighted by Gasteiger charge is -2.21. The van der Waals surface area contributed by atoms with E-state index in [1.165, 1.54) is 0 Å². The van der Waals surface area contributed by atoms with Gasteiger partial charge in [0.05, 0.1) is 6.61 Å². The second-order valence-electron chi connectivity index (χ2n) is 6.97. The Balaban J connectivity index is 1.95. The van der Waals surface area contributed by atoms with Gasteiger partial charge in [-0.15, -0.1) is 0 Å². The largest absolute Gasteiger partial charge is 0.490 e. The van der Waals surface area contributed by atoms with Gasteiger partial charge in [-0.2, -0.15) is 0 Å². The normalized spacial score (nSPS) is 11.4. The van der Waals surface area contributed by atoms with E-state index in [9.17, 15) is 9.59 Å². The Morgan fingerprint density at radius 2 is 1.77 bits per heavy atom. The van der Waals surface area contributed by atoms with Crippen molar-refractivity contribution in [1.29, 1.82) is 0 Å². The zero-order valence-corrected chi connectivity index (χ0v) is 17.3. The molecule has 3 rings (SSSR count). The van der Waals surface area contributed by atoms with Gasteiger partial charge >= 0.3 is 0 Å². The maximum atomic E-state index is 13.2. The van der Waals surface area contributed by atoms with E-state index in [1.54, 1.807) is 18.2 Å². The number of benzene rings is 3. The third-order valence-corrected chi connectivity index (χ3v) is 4.64. The van der Waals surface area contributed by atoms with Crippen LogP contribution in [0.3, 0.4) is 0 Å². The first-order chi connectivity index (χ1) is 14.5. The van der Waals surface area contributed by atoms with E-state index in [4.69, 9.17) is 9.47 Å². The molecular formula is C25H25NO4. The molecule has 0 aromatic heterocycles. The van der Waals surface area contributed by atoms with Crippen molar-refractivity contribution in [2.24, 2.45) is 0 Å². The summed E-state index contributed by atoms with van der Waals surface area (Å²) in [5.41, 5.74) is 3.94. The average molecular weight is 403 g/mol. The van der Waals surface area contributed by atoms with E-state index in [0.29, 0.717) is 29.2 Å². The number of nitrogens with one attached hydrogen (secondary N) is 1. The minimum absolute atomic E-state index is 0.295. The molecule has 0 fully saturated rings. The van der Waals surface area contributed by atoms with Crippen LogP contribution in [0.4, 0.5) is 5.69 Å². The highest BCUT2D eigenvalue weighted by Crippen LogP contribution is 2.33. The molecule has 0 aliphatic rings. The van der Waals surface area contributed by atoms with Crippen molar-refractivity contribution < 1.29 is 19.1 Å². The van der Waals surface area contributed by atoms with Crippen molar-refractivity contribution in [2.75, 3.05) is 11.9 Å². The minimum atomic E-state index is -0.896. The summed E-state index contributed by atoms with van der Waals surface area (Å²) in [6.07, 6.45) is -0.152. The fourth-order valence-corrected chi connectivity index (χ4v) is 3.06. The van der Waals surface area contributed by atoms with Gasteiger partial charge in [-0.25, -0.2) is 0 Å². The molecular weight excluding hydrogens is 378 g/mol. The van der Waals surface area contributed by atoms with Crippen molar-refractivity contribution in [2.45, 2.75) is 26.9 Å². The van der Waals surface area contributed by atoms with Crippen molar-refractivity contribution in [3.63, 3.8) is 0 Å². The molecule has 154 valence electrons. The fraction of sp³-hybridized carbons (Fsp3) is 0.200. The summed E-state index contributed by atoms with van der Waals surface area (Å²) >= 11 is 0. The Hall–Kier alpha value is -3.60. The van der Waals surface area contributed by atoms with Gasteiger partial charge in [0.25, 0.3) is 5.91 Å². The Labute approximate surface area is 176 Å². The molecule has 0 saturated heterocycles. The fourth-order valence-electron chi connectivity index (χ4n) is 3.06. The predicted octanol–water partition coefficient (Wildman–Crippen LogP) is 5.27. The molecule has 30 heavy (non-hydrogen) atoms. The molecule has 0 saturated carbocycles. The molecule has 1 N–H and O–H groups in total. The molecule has 0 aliphatic carbocycles. The highest BCUT2D eigenvalue weighted by molar-refractivity contribution is 5.95. The Morgan fingerprint density at radius 1 is 1.00 bits per heavy atom. The SMILES string of the molecule is CCOc1cc(C=O)ccc1O[C@H](C(=O)Nc1cc(C)ccc1C)c1ccccc1. The van der Waals surface area contributed by atoms with Crippen molar-refractivity contribution >= 4 is 17.9 Å². The maximum Gasteiger partial charge on any atom is 0.270 e. The van der Waals surface area contributed by atoms with Gasteiger partial charge < -0.3 is 14.8 Å². The summed E-state index contributed by atoms with van der Waals surface area (Å²) in [6, 6.07) is 20.1. The molecule has 3 aromatic rings. The maximum absolute atomic E-state index is 13.2. The zero-order valence-electron chi connectivity index (χ0n) is 17.3. The van der Waals surface area contributed by atoms with E-state index >= 15 is 0 Å². The predicted molar refractivity (Wildman–Crippen MR) is 117 cm³/mol. The van der Waals surface area contributed by atoms with Crippen LogP contribution in [-0.4, -0.2) is 18.8 Å². The number of anilines is 1. The first kappa shape index (κ1) is 21.1. The van der Waals surface area contributed by atoms with E-state index < -0.39 is 6.10 Å². The third kappa shape index (κ3) is 5.06. The number of carbonyl (C=O) groups is 2. The lowest BCUT2D eigenvalue weighted by Crippen LogP contribution is -2.26. The number of amides is 1. The third-order valence-electron chi connectivity index (χ3n) is 4.64. The summed E-state index contributed by atoms with van der Waals surface area (Å²) in [4.78, 5) is 24.4. The molecule has 3 aromatic carbocycles. The topological polar surface area (TPSA) is 64.6 Å². The number of aryl methyl sites for hydroxylation is 2. The molecule has 0 spiro atoms. The average Bonchev–Trinajstić information content (AvgIpc) is 2.76. The monoisotopic (exact) mass is 403 g/mol. The van der Waals surface area contributed by atoms with Crippen LogP contribution in [0.2, 0.25) is 0 Å². The molecule has 0 aliphatic heterocycles. The standard InChI is InChI=1S/C25H25NO4/c1-4-29-23-15-19(16-27)12-13-22(23)30-24(20-8-6-5-7-9-20)25(28)26-21-14-17(2)10-11-18(21)3/h5-16,24H,4H2,1-3H3,(H,26,28)/t24-/m0/s1.